The Hall–Kier alpha value is -3.65. The molecule has 15 heteroatoms. The van der Waals surface area contributed by atoms with E-state index in [1.54, 1.807) is 28.9 Å². The van der Waals surface area contributed by atoms with Gasteiger partial charge in [-0.3, -0.25) is 25.0 Å². The van der Waals surface area contributed by atoms with Crippen molar-refractivity contribution < 1.29 is 26.8 Å². The molecule has 43 heavy (non-hydrogen) atoms. The quantitative estimate of drug-likeness (QED) is 0.168. The molecule has 4 rings (SSSR count). The Bertz CT molecular complexity index is 1570. The minimum absolute atomic E-state index is 0.0208. The number of nitrogens with one attached hydrogen (secondary N) is 1. The van der Waals surface area contributed by atoms with Gasteiger partial charge in [-0.15, -0.1) is 0 Å². The van der Waals surface area contributed by atoms with Crippen LogP contribution < -0.4 is 9.50 Å². The van der Waals surface area contributed by atoms with Crippen molar-refractivity contribution in [3.63, 3.8) is 0 Å². The van der Waals surface area contributed by atoms with Crippen LogP contribution in [0.2, 0.25) is 18.1 Å². The standard InChI is InChI=1S/C28H36N6O7SSi/c1-28(2,3)43(4,5)40-16-15-32-27-24(18-31-32)26(19-30-25(27)17-29)34(39-20-21-9-7-6-8-10-21)42(37,38)41-23-13-11-22(12-14-23)33(35)36/h6-14,18,25-26,30H,15-16,19-20H2,1-5H3. The van der Waals surface area contributed by atoms with Crippen molar-refractivity contribution >= 4 is 24.3 Å². The molecular formula is C28H36N6O7SSi. The molecule has 2 atom stereocenters. The summed E-state index contributed by atoms with van der Waals surface area (Å²) >= 11 is 0. The molecular weight excluding hydrogens is 592 g/mol. The van der Waals surface area contributed by atoms with Gasteiger partial charge in [-0.25, -0.2) is 0 Å². The lowest BCUT2D eigenvalue weighted by Gasteiger charge is -2.36. The Labute approximate surface area is 252 Å². The number of nitriles is 1. The predicted octanol–water partition coefficient (Wildman–Crippen LogP) is 4.78. The third-order valence-electron chi connectivity index (χ3n) is 7.68. The molecule has 0 saturated heterocycles. The van der Waals surface area contributed by atoms with Gasteiger partial charge in [0.1, 0.15) is 11.8 Å². The summed E-state index contributed by atoms with van der Waals surface area (Å²) in [5, 5.41) is 28.6. The fraction of sp³-hybridized carbons (Fsp3) is 0.429. The average Bonchev–Trinajstić information content (AvgIpc) is 3.37. The van der Waals surface area contributed by atoms with Crippen molar-refractivity contribution in [3.05, 3.63) is 87.7 Å². The fourth-order valence-electron chi connectivity index (χ4n) is 4.30. The zero-order valence-corrected chi connectivity index (χ0v) is 26.6. The number of benzene rings is 2. The van der Waals surface area contributed by atoms with E-state index in [2.05, 4.69) is 50.3 Å². The first-order chi connectivity index (χ1) is 20.2. The van der Waals surface area contributed by atoms with E-state index >= 15 is 0 Å². The summed E-state index contributed by atoms with van der Waals surface area (Å²) in [5.41, 5.74) is 1.50. The van der Waals surface area contributed by atoms with Gasteiger partial charge in [-0.2, -0.15) is 18.8 Å². The summed E-state index contributed by atoms with van der Waals surface area (Å²) in [6.45, 7) is 11.4. The molecule has 0 amide bonds. The lowest BCUT2D eigenvalue weighted by Crippen LogP contribution is -2.46. The van der Waals surface area contributed by atoms with E-state index in [-0.39, 0.29) is 29.6 Å². The first kappa shape index (κ1) is 32.3. The number of non-ortho nitro benzene ring substituents is 1. The van der Waals surface area contributed by atoms with Crippen LogP contribution >= 0.6 is 0 Å². The van der Waals surface area contributed by atoms with Crippen LogP contribution in [-0.2, 0) is 32.7 Å². The summed E-state index contributed by atoms with van der Waals surface area (Å²) in [5.74, 6) is -0.128. The van der Waals surface area contributed by atoms with Crippen LogP contribution in [0.25, 0.3) is 0 Å². The highest BCUT2D eigenvalue weighted by Gasteiger charge is 2.42. The third-order valence-corrected chi connectivity index (χ3v) is 13.4. The molecule has 1 aliphatic heterocycles. The van der Waals surface area contributed by atoms with E-state index < -0.39 is 35.6 Å². The van der Waals surface area contributed by atoms with Gasteiger partial charge < -0.3 is 8.61 Å². The van der Waals surface area contributed by atoms with Crippen molar-refractivity contribution in [2.24, 2.45) is 0 Å². The Morgan fingerprint density at radius 3 is 2.47 bits per heavy atom. The average molecular weight is 629 g/mol. The monoisotopic (exact) mass is 628 g/mol. The zero-order chi connectivity index (χ0) is 31.4. The van der Waals surface area contributed by atoms with Crippen LogP contribution in [0.15, 0.2) is 60.8 Å². The Balaban J connectivity index is 1.65. The van der Waals surface area contributed by atoms with Crippen LogP contribution in [0.4, 0.5) is 5.69 Å². The van der Waals surface area contributed by atoms with E-state index in [9.17, 15) is 23.8 Å². The molecule has 2 aromatic carbocycles. The summed E-state index contributed by atoms with van der Waals surface area (Å²) in [7, 11) is -6.66. The molecule has 1 aliphatic rings. The first-order valence-corrected chi connectivity index (χ1v) is 18.0. The van der Waals surface area contributed by atoms with E-state index in [0.717, 1.165) is 22.2 Å². The highest BCUT2D eigenvalue weighted by molar-refractivity contribution is 7.84. The second-order valence-electron chi connectivity index (χ2n) is 11.6. The topological polar surface area (TPSA) is 162 Å². The maximum atomic E-state index is 13.7. The van der Waals surface area contributed by atoms with Gasteiger partial charge >= 0.3 is 10.3 Å². The molecule has 2 heterocycles. The largest absolute Gasteiger partial charge is 0.415 e. The number of hydrogen-bond donors (Lipinski definition) is 1. The van der Waals surface area contributed by atoms with Crippen molar-refractivity contribution in [3.8, 4) is 11.8 Å². The number of rotatable bonds is 12. The third kappa shape index (κ3) is 7.47. The predicted molar refractivity (Wildman–Crippen MR) is 160 cm³/mol. The summed E-state index contributed by atoms with van der Waals surface area (Å²) in [6, 6.07) is 14.3. The zero-order valence-electron chi connectivity index (χ0n) is 24.8. The molecule has 13 nitrogen and oxygen atoms in total. The molecule has 0 fully saturated rings. The van der Waals surface area contributed by atoms with Gasteiger partial charge in [0.15, 0.2) is 8.32 Å². The smallest absolute Gasteiger partial charge is 0.408 e. The van der Waals surface area contributed by atoms with Crippen molar-refractivity contribution in [2.75, 3.05) is 13.2 Å². The van der Waals surface area contributed by atoms with Crippen LogP contribution in [0.5, 0.6) is 5.75 Å². The minimum Gasteiger partial charge on any atom is -0.415 e. The van der Waals surface area contributed by atoms with E-state index in [4.69, 9.17) is 13.4 Å². The second-order valence-corrected chi connectivity index (χ2v) is 17.8. The van der Waals surface area contributed by atoms with Crippen LogP contribution in [0.3, 0.4) is 0 Å². The Morgan fingerprint density at radius 1 is 1.19 bits per heavy atom. The van der Waals surface area contributed by atoms with Gasteiger partial charge in [-0.05, 0) is 40.3 Å². The molecule has 0 saturated carbocycles. The molecule has 3 aromatic rings. The highest BCUT2D eigenvalue weighted by atomic mass is 32.2. The molecule has 2 unspecified atom stereocenters. The van der Waals surface area contributed by atoms with Crippen LogP contribution in [0.1, 0.15) is 49.7 Å². The number of nitro benzene ring substituents is 1. The number of nitro groups is 1. The van der Waals surface area contributed by atoms with Crippen molar-refractivity contribution in [2.45, 2.75) is 64.1 Å². The number of hydroxylamine groups is 1. The first-order valence-electron chi connectivity index (χ1n) is 13.7. The highest BCUT2D eigenvalue weighted by Crippen LogP contribution is 2.37. The van der Waals surface area contributed by atoms with Gasteiger partial charge in [0, 0.05) is 24.2 Å². The van der Waals surface area contributed by atoms with Gasteiger partial charge in [0.25, 0.3) is 5.69 Å². The fourth-order valence-corrected chi connectivity index (χ4v) is 6.44. The van der Waals surface area contributed by atoms with E-state index in [1.165, 1.54) is 18.3 Å². The number of aromatic nitrogens is 2. The SMILES string of the molecule is CC(C)(C)[Si](C)(C)OCCn1ncc2c1C(C#N)NCC2N(OCc1ccccc1)S(=O)(=O)Oc1ccc([N+](=O)[O-])cc1. The maximum absolute atomic E-state index is 13.7. The van der Waals surface area contributed by atoms with Crippen molar-refractivity contribution in [1.29, 1.82) is 5.26 Å². The molecule has 0 spiro atoms. The Kier molecular flexibility index (Phi) is 9.69. The maximum Gasteiger partial charge on any atom is 0.408 e. The van der Waals surface area contributed by atoms with Crippen LogP contribution in [0, 0.1) is 21.4 Å². The lowest BCUT2D eigenvalue weighted by atomic mass is 9.99. The van der Waals surface area contributed by atoms with Gasteiger partial charge in [0.05, 0.1) is 48.7 Å². The second kappa shape index (κ2) is 12.9. The summed E-state index contributed by atoms with van der Waals surface area (Å²) in [6.07, 6.45) is 1.54. The molecule has 0 radical (unpaired) electrons. The number of hydrogen-bond acceptors (Lipinski definition) is 10. The molecule has 0 aliphatic carbocycles. The normalized spacial score (nSPS) is 17.3. The number of nitrogens with zero attached hydrogens (tertiary/aromatic N) is 5. The Morgan fingerprint density at radius 2 is 1.86 bits per heavy atom. The van der Waals surface area contributed by atoms with E-state index in [1.807, 2.05) is 6.07 Å². The summed E-state index contributed by atoms with van der Waals surface area (Å²) < 4.78 is 41.5. The van der Waals surface area contributed by atoms with Gasteiger partial charge in [0.2, 0.25) is 0 Å². The van der Waals surface area contributed by atoms with Gasteiger partial charge in [-0.1, -0.05) is 51.1 Å². The molecule has 1 aromatic heterocycles. The lowest BCUT2D eigenvalue weighted by molar-refractivity contribution is -0.384. The number of fused-ring (bicyclic) bond motifs is 1. The molecule has 0 bridgehead atoms. The van der Waals surface area contributed by atoms with Crippen LogP contribution in [-0.4, -0.2) is 49.1 Å². The molecule has 1 N–H and O–H groups in total. The van der Waals surface area contributed by atoms with E-state index in [0.29, 0.717) is 24.4 Å². The molecule has 230 valence electrons. The van der Waals surface area contributed by atoms with Crippen molar-refractivity contribution in [1.82, 2.24) is 19.6 Å². The summed E-state index contributed by atoms with van der Waals surface area (Å²) in [4.78, 5) is 16.3. The minimum atomic E-state index is -4.63.